The Balaban J connectivity index is 1.37. The van der Waals surface area contributed by atoms with E-state index in [1.807, 2.05) is 29.8 Å². The molecule has 1 aliphatic rings. The molecular weight excluding hydrogens is 482 g/mol. The highest BCUT2D eigenvalue weighted by molar-refractivity contribution is 8.00. The van der Waals surface area contributed by atoms with E-state index in [2.05, 4.69) is 10.3 Å². The lowest BCUT2D eigenvalue weighted by atomic mass is 10.1. The molecule has 0 aliphatic heterocycles. The number of thiophene rings is 1. The van der Waals surface area contributed by atoms with Gasteiger partial charge < -0.3 is 19.4 Å². The van der Waals surface area contributed by atoms with Crippen molar-refractivity contribution in [2.24, 2.45) is 12.0 Å². The Kier molecular flexibility index (Phi) is 7.20. The number of rotatable bonds is 7. The van der Waals surface area contributed by atoms with Crippen LogP contribution in [0.3, 0.4) is 0 Å². The number of thioether (sulfide) groups is 1. The van der Waals surface area contributed by atoms with Crippen molar-refractivity contribution < 1.29 is 23.9 Å². The van der Waals surface area contributed by atoms with Gasteiger partial charge in [0.25, 0.3) is 5.91 Å². The Labute approximate surface area is 202 Å². The number of carbonyl (C=O) groups is 3. The largest absolute Gasteiger partial charge is 0.497 e. The molecule has 4 rings (SSSR count). The van der Waals surface area contributed by atoms with Crippen LogP contribution in [0, 0.1) is 0 Å². The first-order valence-corrected chi connectivity index (χ1v) is 13.0. The molecule has 0 spiro atoms. The molecule has 11 heteroatoms. The number of aromatic nitrogens is 1. The average Bonchev–Trinajstić information content (AvgIpc) is 3.46. The van der Waals surface area contributed by atoms with E-state index in [4.69, 9.17) is 9.47 Å². The van der Waals surface area contributed by atoms with E-state index in [1.54, 1.807) is 7.11 Å². The summed E-state index contributed by atoms with van der Waals surface area (Å²) in [4.78, 5) is 42.9. The van der Waals surface area contributed by atoms with E-state index < -0.39 is 5.97 Å². The maximum absolute atomic E-state index is 12.4. The van der Waals surface area contributed by atoms with Crippen molar-refractivity contribution in [2.75, 3.05) is 31.0 Å². The summed E-state index contributed by atoms with van der Waals surface area (Å²) in [7, 11) is 4.80. The van der Waals surface area contributed by atoms with Crippen LogP contribution in [0.15, 0.2) is 23.2 Å². The van der Waals surface area contributed by atoms with Gasteiger partial charge in [-0.05, 0) is 43.0 Å². The Morgan fingerprint density at radius 1 is 1.18 bits per heavy atom. The van der Waals surface area contributed by atoms with Crippen molar-refractivity contribution in [3.05, 3.63) is 39.0 Å². The van der Waals surface area contributed by atoms with Crippen LogP contribution in [-0.2, 0) is 34.2 Å². The molecule has 1 N–H and O–H groups in total. The number of anilines is 1. The van der Waals surface area contributed by atoms with Gasteiger partial charge in [-0.2, -0.15) is 4.99 Å². The Bertz CT molecular complexity index is 1300. The van der Waals surface area contributed by atoms with E-state index in [0.717, 1.165) is 45.7 Å². The van der Waals surface area contributed by atoms with Crippen molar-refractivity contribution >= 4 is 67.4 Å². The zero-order chi connectivity index (χ0) is 23.5. The third kappa shape index (κ3) is 4.99. The zero-order valence-corrected chi connectivity index (χ0v) is 20.9. The first-order chi connectivity index (χ1) is 15.9. The van der Waals surface area contributed by atoms with Crippen LogP contribution >= 0.6 is 34.4 Å². The lowest BCUT2D eigenvalue weighted by Crippen LogP contribution is -2.18. The second-order valence-corrected chi connectivity index (χ2v) is 10.5. The van der Waals surface area contributed by atoms with Gasteiger partial charge in [0.1, 0.15) is 10.8 Å². The highest BCUT2D eigenvalue weighted by Crippen LogP contribution is 2.39. The van der Waals surface area contributed by atoms with Gasteiger partial charge in [0.05, 0.1) is 41.5 Å². The van der Waals surface area contributed by atoms with Gasteiger partial charge in [0, 0.05) is 11.9 Å². The summed E-state index contributed by atoms with van der Waals surface area (Å²) in [5.74, 6) is -0.101. The first-order valence-electron chi connectivity index (χ1n) is 10.2. The lowest BCUT2D eigenvalue weighted by Gasteiger charge is -2.06. The molecule has 0 atom stereocenters. The van der Waals surface area contributed by atoms with E-state index in [1.165, 1.54) is 41.5 Å². The number of nitrogens with zero attached hydrogens (tertiary/aromatic N) is 2. The standard InChI is InChI=1S/C22H23N3O5S3/c1-25-14-8-7-12(29-2)9-16(14)33-22(25)24-18(27)11-31-10-17(26)23-20-19(21(28)30-3)13-5-4-6-15(13)32-20/h7-9H,4-6,10-11H2,1-3H3,(H,23,26). The van der Waals surface area contributed by atoms with Gasteiger partial charge >= 0.3 is 5.97 Å². The SMILES string of the molecule is COC(=O)c1c(NC(=O)CSCC(=O)N=c2sc3cc(OC)ccc3n2C)sc2c1CCC2. The van der Waals surface area contributed by atoms with Crippen molar-refractivity contribution in [3.63, 3.8) is 0 Å². The highest BCUT2D eigenvalue weighted by atomic mass is 32.2. The summed E-state index contributed by atoms with van der Waals surface area (Å²) in [5.41, 5.74) is 2.41. The van der Waals surface area contributed by atoms with Gasteiger partial charge in [-0.25, -0.2) is 4.79 Å². The number of thiazole rings is 1. The predicted octanol–water partition coefficient (Wildman–Crippen LogP) is 3.38. The number of hydrogen-bond donors (Lipinski definition) is 1. The molecule has 2 amide bonds. The maximum atomic E-state index is 12.4. The summed E-state index contributed by atoms with van der Waals surface area (Å²) in [6.45, 7) is 0. The fraction of sp³-hybridized carbons (Fsp3) is 0.364. The van der Waals surface area contributed by atoms with Crippen LogP contribution in [0.1, 0.15) is 27.2 Å². The minimum absolute atomic E-state index is 0.0792. The molecule has 2 aromatic heterocycles. The number of amides is 2. The number of hydrogen-bond acceptors (Lipinski definition) is 8. The third-order valence-corrected chi connectivity index (χ3v) is 8.48. The lowest BCUT2D eigenvalue weighted by molar-refractivity contribution is -0.115. The molecule has 1 aliphatic carbocycles. The number of ether oxygens (including phenoxy) is 2. The molecule has 0 radical (unpaired) electrons. The van der Waals surface area contributed by atoms with Crippen molar-refractivity contribution in [2.45, 2.75) is 19.3 Å². The Morgan fingerprint density at radius 3 is 2.76 bits per heavy atom. The molecule has 33 heavy (non-hydrogen) atoms. The number of aryl methyl sites for hydroxylation is 2. The molecule has 0 unspecified atom stereocenters. The first kappa shape index (κ1) is 23.5. The number of fused-ring (bicyclic) bond motifs is 2. The maximum Gasteiger partial charge on any atom is 0.341 e. The second kappa shape index (κ2) is 10.1. The molecule has 3 aromatic rings. The third-order valence-electron chi connectivity index (χ3n) is 5.26. The van der Waals surface area contributed by atoms with E-state index in [0.29, 0.717) is 15.4 Å². The minimum Gasteiger partial charge on any atom is -0.497 e. The summed E-state index contributed by atoms with van der Waals surface area (Å²) >= 11 is 4.02. The Hall–Kier alpha value is -2.63. The summed E-state index contributed by atoms with van der Waals surface area (Å²) in [6.07, 6.45) is 2.73. The van der Waals surface area contributed by atoms with Crippen LogP contribution in [0.5, 0.6) is 5.75 Å². The van der Waals surface area contributed by atoms with Gasteiger partial charge in [-0.1, -0.05) is 11.3 Å². The number of nitrogens with one attached hydrogen (secondary N) is 1. The van der Waals surface area contributed by atoms with Gasteiger partial charge in [0.15, 0.2) is 4.80 Å². The average molecular weight is 506 g/mol. The summed E-state index contributed by atoms with van der Waals surface area (Å²) in [6, 6.07) is 5.70. The number of benzene rings is 1. The number of methoxy groups -OCH3 is 2. The molecule has 2 heterocycles. The van der Waals surface area contributed by atoms with E-state index >= 15 is 0 Å². The monoisotopic (exact) mass is 505 g/mol. The van der Waals surface area contributed by atoms with Crippen LogP contribution in [0.2, 0.25) is 0 Å². The van der Waals surface area contributed by atoms with Crippen LogP contribution in [0.25, 0.3) is 10.2 Å². The van der Waals surface area contributed by atoms with Gasteiger partial charge in [-0.3, -0.25) is 9.59 Å². The molecule has 0 saturated carbocycles. The topological polar surface area (TPSA) is 99.0 Å². The smallest absolute Gasteiger partial charge is 0.341 e. The highest BCUT2D eigenvalue weighted by Gasteiger charge is 2.28. The summed E-state index contributed by atoms with van der Waals surface area (Å²) < 4.78 is 13.0. The molecule has 0 fully saturated rings. The molecule has 8 nitrogen and oxygen atoms in total. The van der Waals surface area contributed by atoms with E-state index in [9.17, 15) is 14.4 Å². The molecular formula is C22H23N3O5S3. The van der Waals surface area contributed by atoms with Crippen LogP contribution in [-0.4, -0.2) is 48.1 Å². The van der Waals surface area contributed by atoms with Crippen LogP contribution in [0.4, 0.5) is 5.00 Å². The van der Waals surface area contributed by atoms with E-state index in [-0.39, 0.29) is 23.3 Å². The van der Waals surface area contributed by atoms with Gasteiger partial charge in [0.2, 0.25) is 5.91 Å². The van der Waals surface area contributed by atoms with Crippen molar-refractivity contribution in [1.82, 2.24) is 4.57 Å². The van der Waals surface area contributed by atoms with Crippen molar-refractivity contribution in [3.8, 4) is 5.75 Å². The van der Waals surface area contributed by atoms with Gasteiger partial charge in [-0.15, -0.1) is 23.1 Å². The summed E-state index contributed by atoms with van der Waals surface area (Å²) in [5, 5.41) is 3.35. The molecule has 0 bridgehead atoms. The zero-order valence-electron chi connectivity index (χ0n) is 18.4. The fourth-order valence-electron chi connectivity index (χ4n) is 3.69. The van der Waals surface area contributed by atoms with Crippen LogP contribution < -0.4 is 14.9 Å². The fourth-order valence-corrected chi connectivity index (χ4v) is 6.65. The van der Waals surface area contributed by atoms with Crippen molar-refractivity contribution in [1.29, 1.82) is 0 Å². The molecule has 0 saturated heterocycles. The predicted molar refractivity (Wildman–Crippen MR) is 132 cm³/mol. The normalized spacial score (nSPS) is 13.2. The number of carbonyl (C=O) groups excluding carboxylic acids is 3. The second-order valence-electron chi connectivity index (χ2n) is 7.38. The minimum atomic E-state index is -0.430. The molecule has 174 valence electrons. The quantitative estimate of drug-likeness (QED) is 0.494. The Morgan fingerprint density at radius 2 is 2.00 bits per heavy atom. The number of esters is 1. The molecule has 1 aromatic carbocycles.